The molecule has 16 heavy (non-hydrogen) atoms. The van der Waals surface area contributed by atoms with Crippen LogP contribution in [0.15, 0.2) is 24.3 Å². The third kappa shape index (κ3) is 3.29. The van der Waals surface area contributed by atoms with Crippen LogP contribution < -0.4 is 0 Å². The Hall–Kier alpha value is -0.930. The highest BCUT2D eigenvalue weighted by atomic mass is 19.1. The van der Waals surface area contributed by atoms with Gasteiger partial charge in [0.05, 0.1) is 12.2 Å². The van der Waals surface area contributed by atoms with Crippen LogP contribution in [0.1, 0.15) is 19.4 Å². The summed E-state index contributed by atoms with van der Waals surface area (Å²) < 4.78 is 18.6. The molecule has 0 bridgehead atoms. The van der Waals surface area contributed by atoms with E-state index < -0.39 is 6.10 Å². The fraction of sp³-hybridized carbons (Fsp3) is 0.538. The van der Waals surface area contributed by atoms with Crippen molar-refractivity contribution >= 4 is 0 Å². The number of hydrogen-bond acceptors (Lipinski definition) is 2. The second-order valence-corrected chi connectivity index (χ2v) is 4.31. The molecule has 0 saturated heterocycles. The van der Waals surface area contributed by atoms with Crippen molar-refractivity contribution in [2.45, 2.75) is 32.5 Å². The summed E-state index contributed by atoms with van der Waals surface area (Å²) in [5.41, 5.74) is 0.526. The van der Waals surface area contributed by atoms with Crippen molar-refractivity contribution in [1.29, 1.82) is 0 Å². The number of aliphatic hydroxyl groups is 1. The van der Waals surface area contributed by atoms with Gasteiger partial charge in [0.2, 0.25) is 0 Å². The Morgan fingerprint density at radius 1 is 1.31 bits per heavy atom. The Kier molecular flexibility index (Phi) is 4.90. The van der Waals surface area contributed by atoms with Crippen LogP contribution in [0.5, 0.6) is 0 Å². The van der Waals surface area contributed by atoms with Gasteiger partial charge >= 0.3 is 0 Å². The molecule has 0 aliphatic heterocycles. The maximum absolute atomic E-state index is 13.4. The Morgan fingerprint density at radius 2 is 1.94 bits per heavy atom. The van der Waals surface area contributed by atoms with E-state index in [1.54, 1.807) is 25.3 Å². The standard InChI is InChI=1S/C13H19FO2/c1-9(2)13(16-3)12(15)8-10-6-4-5-7-11(10)14/h4-7,9,12-13,15H,8H2,1-3H3. The maximum atomic E-state index is 13.4. The number of aliphatic hydroxyl groups excluding tert-OH is 1. The van der Waals surface area contributed by atoms with Gasteiger partial charge in [-0.25, -0.2) is 4.39 Å². The zero-order chi connectivity index (χ0) is 12.1. The van der Waals surface area contributed by atoms with E-state index in [1.807, 2.05) is 13.8 Å². The summed E-state index contributed by atoms with van der Waals surface area (Å²) in [6.45, 7) is 3.94. The average molecular weight is 226 g/mol. The van der Waals surface area contributed by atoms with Gasteiger partial charge in [-0.1, -0.05) is 32.0 Å². The third-order valence-electron chi connectivity index (χ3n) is 2.70. The van der Waals surface area contributed by atoms with E-state index in [0.29, 0.717) is 5.56 Å². The first-order valence-corrected chi connectivity index (χ1v) is 5.50. The third-order valence-corrected chi connectivity index (χ3v) is 2.70. The lowest BCUT2D eigenvalue weighted by atomic mass is 9.96. The number of halogens is 1. The number of rotatable bonds is 5. The fourth-order valence-corrected chi connectivity index (χ4v) is 1.88. The first kappa shape index (κ1) is 13.1. The van der Waals surface area contributed by atoms with Crippen LogP contribution in [-0.4, -0.2) is 24.4 Å². The molecule has 3 heteroatoms. The van der Waals surface area contributed by atoms with E-state index in [2.05, 4.69) is 0 Å². The second kappa shape index (κ2) is 5.97. The Morgan fingerprint density at radius 3 is 2.44 bits per heavy atom. The van der Waals surface area contributed by atoms with E-state index in [9.17, 15) is 9.50 Å². The molecule has 1 N–H and O–H groups in total. The van der Waals surface area contributed by atoms with Gasteiger partial charge < -0.3 is 9.84 Å². The smallest absolute Gasteiger partial charge is 0.126 e. The van der Waals surface area contributed by atoms with Gasteiger partial charge in [-0.3, -0.25) is 0 Å². The molecule has 2 atom stereocenters. The Balaban J connectivity index is 2.70. The van der Waals surface area contributed by atoms with Crippen molar-refractivity contribution in [3.63, 3.8) is 0 Å². The van der Waals surface area contributed by atoms with Gasteiger partial charge in [0.25, 0.3) is 0 Å². The molecule has 1 rings (SSSR count). The van der Waals surface area contributed by atoms with Crippen molar-refractivity contribution < 1.29 is 14.2 Å². The van der Waals surface area contributed by atoms with Crippen LogP contribution >= 0.6 is 0 Å². The molecule has 0 amide bonds. The van der Waals surface area contributed by atoms with Gasteiger partial charge in [-0.15, -0.1) is 0 Å². The molecule has 0 heterocycles. The van der Waals surface area contributed by atoms with Crippen LogP contribution in [0, 0.1) is 11.7 Å². The molecule has 2 unspecified atom stereocenters. The largest absolute Gasteiger partial charge is 0.390 e. The summed E-state index contributed by atoms with van der Waals surface area (Å²) in [6.07, 6.45) is -0.662. The minimum atomic E-state index is -0.679. The van der Waals surface area contributed by atoms with Crippen molar-refractivity contribution in [3.8, 4) is 0 Å². The van der Waals surface area contributed by atoms with E-state index in [1.165, 1.54) is 6.07 Å². The molecule has 1 aromatic carbocycles. The van der Waals surface area contributed by atoms with Crippen molar-refractivity contribution in [1.82, 2.24) is 0 Å². The minimum Gasteiger partial charge on any atom is -0.390 e. The predicted molar refractivity (Wildman–Crippen MR) is 61.7 cm³/mol. The van der Waals surface area contributed by atoms with Crippen LogP contribution in [-0.2, 0) is 11.2 Å². The van der Waals surface area contributed by atoms with E-state index in [0.717, 1.165) is 0 Å². The van der Waals surface area contributed by atoms with Gasteiger partial charge in [0.1, 0.15) is 5.82 Å². The van der Waals surface area contributed by atoms with E-state index >= 15 is 0 Å². The summed E-state index contributed by atoms with van der Waals surface area (Å²) in [6, 6.07) is 6.49. The molecule has 0 aliphatic carbocycles. The molecule has 0 spiro atoms. The normalized spacial score (nSPS) is 15.1. The average Bonchev–Trinajstić information content (AvgIpc) is 2.22. The number of ether oxygens (including phenoxy) is 1. The molecular weight excluding hydrogens is 207 g/mol. The van der Waals surface area contributed by atoms with Crippen molar-refractivity contribution in [2.24, 2.45) is 5.92 Å². The van der Waals surface area contributed by atoms with Gasteiger partial charge in [-0.05, 0) is 17.5 Å². The summed E-state index contributed by atoms with van der Waals surface area (Å²) in [7, 11) is 1.56. The Bertz CT molecular complexity index is 325. The van der Waals surface area contributed by atoms with Crippen LogP contribution in [0.3, 0.4) is 0 Å². The predicted octanol–water partition coefficient (Wildman–Crippen LogP) is 2.40. The molecule has 0 radical (unpaired) electrons. The number of hydrogen-bond donors (Lipinski definition) is 1. The molecule has 0 fully saturated rings. The highest BCUT2D eigenvalue weighted by molar-refractivity contribution is 5.18. The summed E-state index contributed by atoms with van der Waals surface area (Å²) in [4.78, 5) is 0. The van der Waals surface area contributed by atoms with E-state index in [4.69, 9.17) is 4.74 Å². The number of methoxy groups -OCH3 is 1. The van der Waals surface area contributed by atoms with Gasteiger partial charge in [0, 0.05) is 13.5 Å². The summed E-state index contributed by atoms with van der Waals surface area (Å²) in [5, 5.41) is 9.97. The Labute approximate surface area is 96.1 Å². The first-order chi connectivity index (χ1) is 7.56. The molecule has 2 nitrogen and oxygen atoms in total. The SMILES string of the molecule is COC(C(C)C)C(O)Cc1ccccc1F. The van der Waals surface area contributed by atoms with Gasteiger partial charge in [0.15, 0.2) is 0 Å². The fourth-order valence-electron chi connectivity index (χ4n) is 1.88. The lowest BCUT2D eigenvalue weighted by Crippen LogP contribution is -2.34. The summed E-state index contributed by atoms with van der Waals surface area (Å²) in [5.74, 6) is -0.0769. The zero-order valence-electron chi connectivity index (χ0n) is 9.98. The topological polar surface area (TPSA) is 29.5 Å². The lowest BCUT2D eigenvalue weighted by molar-refractivity contribution is -0.0370. The highest BCUT2D eigenvalue weighted by Crippen LogP contribution is 2.16. The molecule has 90 valence electrons. The van der Waals surface area contributed by atoms with Crippen LogP contribution in [0.2, 0.25) is 0 Å². The van der Waals surface area contributed by atoms with Crippen LogP contribution in [0.4, 0.5) is 4.39 Å². The monoisotopic (exact) mass is 226 g/mol. The molecule has 1 aromatic rings. The summed E-state index contributed by atoms with van der Waals surface area (Å²) >= 11 is 0. The minimum absolute atomic E-state index is 0.201. The molecule has 0 saturated carbocycles. The lowest BCUT2D eigenvalue weighted by Gasteiger charge is -2.25. The second-order valence-electron chi connectivity index (χ2n) is 4.31. The highest BCUT2D eigenvalue weighted by Gasteiger charge is 2.23. The van der Waals surface area contributed by atoms with Crippen molar-refractivity contribution in [3.05, 3.63) is 35.6 Å². The molecular formula is C13H19FO2. The van der Waals surface area contributed by atoms with E-state index in [-0.39, 0.29) is 24.3 Å². The molecule has 0 aromatic heterocycles. The van der Waals surface area contributed by atoms with Crippen LogP contribution in [0.25, 0.3) is 0 Å². The maximum Gasteiger partial charge on any atom is 0.126 e. The van der Waals surface area contributed by atoms with Gasteiger partial charge in [-0.2, -0.15) is 0 Å². The quantitative estimate of drug-likeness (QED) is 0.835. The zero-order valence-corrected chi connectivity index (χ0v) is 9.98. The van der Waals surface area contributed by atoms with Crippen molar-refractivity contribution in [2.75, 3.05) is 7.11 Å². The molecule has 0 aliphatic rings. The first-order valence-electron chi connectivity index (χ1n) is 5.50. The number of benzene rings is 1.